The lowest BCUT2D eigenvalue weighted by atomic mass is 10.4. The van der Waals surface area contributed by atoms with E-state index in [2.05, 4.69) is 15.3 Å². The zero-order chi connectivity index (χ0) is 13.7. The Bertz CT molecular complexity index is 572. The maximum Gasteiger partial charge on any atom is 0.267 e. The van der Waals surface area contributed by atoms with Gasteiger partial charge in [-0.15, -0.1) is 0 Å². The van der Waals surface area contributed by atoms with Crippen molar-refractivity contribution in [1.29, 1.82) is 0 Å². The lowest BCUT2D eigenvalue weighted by molar-refractivity contribution is 0.0942. The third-order valence-corrected chi connectivity index (χ3v) is 2.75. The molecule has 0 saturated carbocycles. The van der Waals surface area contributed by atoms with E-state index in [9.17, 15) is 4.79 Å². The first kappa shape index (κ1) is 13.7. The average molecular weight is 300 g/mol. The third-order valence-electron chi connectivity index (χ3n) is 2.24. The van der Waals surface area contributed by atoms with Crippen LogP contribution in [0.1, 0.15) is 10.5 Å². The predicted octanol–water partition coefficient (Wildman–Crippen LogP) is 2.53. The second-order valence-corrected chi connectivity index (χ2v) is 4.47. The quantitative estimate of drug-likeness (QED) is 0.834. The lowest BCUT2D eigenvalue weighted by Gasteiger charge is -2.07. The van der Waals surface area contributed by atoms with E-state index in [4.69, 9.17) is 27.9 Å². The van der Waals surface area contributed by atoms with Crippen LogP contribution in [0.15, 0.2) is 30.6 Å². The Hall–Kier alpha value is -1.72. The molecule has 0 unspecified atom stereocenters. The summed E-state index contributed by atoms with van der Waals surface area (Å²) >= 11 is 11.6. The molecule has 0 aliphatic heterocycles. The molecule has 19 heavy (non-hydrogen) atoms. The number of rotatable bonds is 5. The molecule has 0 bridgehead atoms. The number of aromatic nitrogens is 2. The Morgan fingerprint density at radius 3 is 3.00 bits per heavy atom. The van der Waals surface area contributed by atoms with Crippen molar-refractivity contribution in [1.82, 2.24) is 15.3 Å². The van der Waals surface area contributed by atoms with Crippen LogP contribution in [0.5, 0.6) is 5.88 Å². The van der Waals surface area contributed by atoms with E-state index in [0.717, 1.165) is 0 Å². The van der Waals surface area contributed by atoms with Gasteiger partial charge in [-0.25, -0.2) is 4.98 Å². The number of aromatic amines is 1. The standard InChI is InChI=1S/C12H11Cl2N3O2/c13-8-6-10(17-7-8)11(18)15-4-5-19-12-9(14)2-1-3-16-12/h1-3,6-7,17H,4-5H2,(H,15,18). The molecule has 2 rings (SSSR count). The number of H-pyrrole nitrogens is 1. The smallest absolute Gasteiger partial charge is 0.267 e. The van der Waals surface area contributed by atoms with Crippen molar-refractivity contribution in [3.8, 4) is 5.88 Å². The number of ether oxygens (including phenoxy) is 1. The molecule has 2 aromatic rings. The van der Waals surface area contributed by atoms with E-state index in [1.165, 1.54) is 0 Å². The Morgan fingerprint density at radius 1 is 1.47 bits per heavy atom. The molecule has 0 saturated heterocycles. The summed E-state index contributed by atoms with van der Waals surface area (Å²) in [6.45, 7) is 0.610. The number of hydrogen-bond acceptors (Lipinski definition) is 3. The molecule has 0 aliphatic rings. The van der Waals surface area contributed by atoms with Gasteiger partial charge in [0.05, 0.1) is 11.6 Å². The summed E-state index contributed by atoms with van der Waals surface area (Å²) in [5.41, 5.74) is 0.404. The summed E-state index contributed by atoms with van der Waals surface area (Å²) < 4.78 is 5.33. The molecule has 1 amide bonds. The van der Waals surface area contributed by atoms with Crippen molar-refractivity contribution in [2.45, 2.75) is 0 Å². The fourth-order valence-corrected chi connectivity index (χ4v) is 1.72. The molecular weight excluding hydrogens is 289 g/mol. The van der Waals surface area contributed by atoms with Gasteiger partial charge in [0.2, 0.25) is 5.88 Å². The van der Waals surface area contributed by atoms with Crippen LogP contribution >= 0.6 is 23.2 Å². The largest absolute Gasteiger partial charge is 0.475 e. The summed E-state index contributed by atoms with van der Waals surface area (Å²) in [5.74, 6) is 0.101. The number of nitrogens with one attached hydrogen (secondary N) is 2. The second-order valence-electron chi connectivity index (χ2n) is 3.63. The topological polar surface area (TPSA) is 67.0 Å². The molecule has 2 heterocycles. The second kappa shape index (κ2) is 6.45. The van der Waals surface area contributed by atoms with Crippen LogP contribution in [0, 0.1) is 0 Å². The highest BCUT2D eigenvalue weighted by molar-refractivity contribution is 6.31. The Balaban J connectivity index is 1.75. The Morgan fingerprint density at radius 2 is 2.32 bits per heavy atom. The molecule has 7 heteroatoms. The van der Waals surface area contributed by atoms with Gasteiger partial charge in [-0.05, 0) is 18.2 Å². The minimum atomic E-state index is -0.248. The van der Waals surface area contributed by atoms with Gasteiger partial charge in [0.25, 0.3) is 5.91 Å². The summed E-state index contributed by atoms with van der Waals surface area (Å²) in [5, 5.41) is 3.60. The van der Waals surface area contributed by atoms with Crippen molar-refractivity contribution in [3.63, 3.8) is 0 Å². The fourth-order valence-electron chi connectivity index (χ4n) is 1.38. The van der Waals surface area contributed by atoms with Gasteiger partial charge in [0, 0.05) is 12.4 Å². The van der Waals surface area contributed by atoms with Crippen molar-refractivity contribution >= 4 is 29.1 Å². The zero-order valence-corrected chi connectivity index (χ0v) is 11.3. The van der Waals surface area contributed by atoms with Crippen LogP contribution in [0.4, 0.5) is 0 Å². The number of nitrogens with zero attached hydrogens (tertiary/aromatic N) is 1. The highest BCUT2D eigenvalue weighted by Crippen LogP contribution is 2.19. The predicted molar refractivity (Wildman–Crippen MR) is 72.9 cm³/mol. The normalized spacial score (nSPS) is 10.2. The molecule has 100 valence electrons. The SMILES string of the molecule is O=C(NCCOc1ncccc1Cl)c1cc(Cl)c[nH]1. The molecule has 0 radical (unpaired) electrons. The van der Waals surface area contributed by atoms with Gasteiger partial charge in [-0.2, -0.15) is 0 Å². The minimum absolute atomic E-state index is 0.248. The molecule has 0 atom stereocenters. The van der Waals surface area contributed by atoms with Crippen molar-refractivity contribution in [3.05, 3.63) is 46.3 Å². The van der Waals surface area contributed by atoms with E-state index in [0.29, 0.717) is 28.2 Å². The van der Waals surface area contributed by atoms with Gasteiger partial charge >= 0.3 is 0 Å². The van der Waals surface area contributed by atoms with Crippen LogP contribution in [0.3, 0.4) is 0 Å². The number of amides is 1. The zero-order valence-electron chi connectivity index (χ0n) is 9.82. The molecule has 2 aromatic heterocycles. The Labute approximate surface area is 119 Å². The van der Waals surface area contributed by atoms with Crippen molar-refractivity contribution in [2.24, 2.45) is 0 Å². The van der Waals surface area contributed by atoms with Gasteiger partial charge in [-0.1, -0.05) is 23.2 Å². The molecule has 0 aromatic carbocycles. The first-order chi connectivity index (χ1) is 9.16. The van der Waals surface area contributed by atoms with Gasteiger partial charge < -0.3 is 15.0 Å². The highest BCUT2D eigenvalue weighted by atomic mass is 35.5. The first-order valence-electron chi connectivity index (χ1n) is 5.52. The molecular formula is C12H11Cl2N3O2. The molecule has 0 fully saturated rings. The minimum Gasteiger partial charge on any atom is -0.475 e. The van der Waals surface area contributed by atoms with Crippen LogP contribution in [0.2, 0.25) is 10.0 Å². The highest BCUT2D eigenvalue weighted by Gasteiger charge is 2.07. The Kier molecular flexibility index (Phi) is 4.65. The molecule has 0 spiro atoms. The molecule has 2 N–H and O–H groups in total. The van der Waals surface area contributed by atoms with Crippen LogP contribution < -0.4 is 10.1 Å². The van der Waals surface area contributed by atoms with Crippen LogP contribution in [-0.2, 0) is 0 Å². The van der Waals surface area contributed by atoms with Gasteiger partial charge in [0.15, 0.2) is 0 Å². The lowest BCUT2D eigenvalue weighted by Crippen LogP contribution is -2.28. The molecule has 0 aliphatic carbocycles. The van der Waals surface area contributed by atoms with E-state index >= 15 is 0 Å². The number of carbonyl (C=O) groups is 1. The summed E-state index contributed by atoms with van der Waals surface area (Å²) in [4.78, 5) is 18.4. The monoisotopic (exact) mass is 299 g/mol. The maximum absolute atomic E-state index is 11.6. The summed E-state index contributed by atoms with van der Waals surface area (Å²) in [6, 6.07) is 4.95. The van der Waals surface area contributed by atoms with Gasteiger partial charge in [0.1, 0.15) is 17.3 Å². The number of hydrogen-bond donors (Lipinski definition) is 2. The first-order valence-corrected chi connectivity index (χ1v) is 6.28. The van der Waals surface area contributed by atoms with Crippen molar-refractivity contribution < 1.29 is 9.53 Å². The summed E-state index contributed by atoms with van der Waals surface area (Å²) in [6.07, 6.45) is 3.13. The van der Waals surface area contributed by atoms with Crippen LogP contribution in [0.25, 0.3) is 0 Å². The van der Waals surface area contributed by atoms with E-state index < -0.39 is 0 Å². The average Bonchev–Trinajstić information content (AvgIpc) is 2.83. The molecule has 5 nitrogen and oxygen atoms in total. The fraction of sp³-hybridized carbons (Fsp3) is 0.167. The third kappa shape index (κ3) is 3.87. The van der Waals surface area contributed by atoms with E-state index in [1.807, 2.05) is 0 Å². The number of carbonyl (C=O) groups excluding carboxylic acids is 1. The van der Waals surface area contributed by atoms with Gasteiger partial charge in [-0.3, -0.25) is 4.79 Å². The van der Waals surface area contributed by atoms with E-state index in [1.54, 1.807) is 30.6 Å². The maximum atomic E-state index is 11.6. The number of pyridine rings is 1. The van der Waals surface area contributed by atoms with Crippen molar-refractivity contribution in [2.75, 3.05) is 13.2 Å². The van der Waals surface area contributed by atoms with E-state index in [-0.39, 0.29) is 12.5 Å². The number of halogens is 2. The van der Waals surface area contributed by atoms with Crippen LogP contribution in [-0.4, -0.2) is 29.0 Å². The summed E-state index contributed by atoms with van der Waals surface area (Å²) in [7, 11) is 0.